The topological polar surface area (TPSA) is 76.7 Å². The van der Waals surface area contributed by atoms with Gasteiger partial charge in [-0.25, -0.2) is 0 Å². The Hall–Kier alpha value is -2.08. The van der Waals surface area contributed by atoms with Crippen LogP contribution in [0.5, 0.6) is 5.75 Å². The van der Waals surface area contributed by atoms with Crippen LogP contribution in [0.4, 0.5) is 0 Å². The van der Waals surface area contributed by atoms with E-state index in [1.165, 1.54) is 7.11 Å². The summed E-state index contributed by atoms with van der Waals surface area (Å²) in [6.07, 6.45) is 0.194. The highest BCUT2D eigenvalue weighted by Gasteiger charge is 2.11. The summed E-state index contributed by atoms with van der Waals surface area (Å²) in [5.41, 5.74) is 5.00. The molecule has 104 valence electrons. The Morgan fingerprint density at radius 3 is 2.63 bits per heavy atom. The van der Waals surface area contributed by atoms with E-state index >= 15 is 0 Å². The zero-order valence-corrected chi connectivity index (χ0v) is 11.1. The van der Waals surface area contributed by atoms with Gasteiger partial charge in [0.2, 0.25) is 5.91 Å². The van der Waals surface area contributed by atoms with E-state index in [0.29, 0.717) is 24.5 Å². The van der Waals surface area contributed by atoms with Crippen molar-refractivity contribution in [2.75, 3.05) is 20.3 Å². The number of carbonyl (C=O) groups is 2. The van der Waals surface area contributed by atoms with Gasteiger partial charge in [0.1, 0.15) is 5.75 Å². The molecule has 2 amide bonds. The first-order chi connectivity index (χ1) is 9.19. The van der Waals surface area contributed by atoms with Crippen LogP contribution in [0.1, 0.15) is 23.7 Å². The minimum atomic E-state index is -0.429. The van der Waals surface area contributed by atoms with Crippen LogP contribution in [0.3, 0.4) is 0 Å². The molecule has 0 saturated carbocycles. The van der Waals surface area contributed by atoms with Gasteiger partial charge in [0.25, 0.3) is 5.91 Å². The van der Waals surface area contributed by atoms with Gasteiger partial charge in [0, 0.05) is 6.61 Å². The molecule has 0 unspecified atom stereocenters. The first-order valence-corrected chi connectivity index (χ1v) is 5.99. The number of benzene rings is 1. The Labute approximate surface area is 112 Å². The zero-order valence-electron chi connectivity index (χ0n) is 11.1. The van der Waals surface area contributed by atoms with Crippen molar-refractivity contribution in [3.05, 3.63) is 29.8 Å². The maximum atomic E-state index is 11.8. The smallest absolute Gasteiger partial charge is 0.273 e. The summed E-state index contributed by atoms with van der Waals surface area (Å²) >= 11 is 0. The molecule has 0 aliphatic rings. The van der Waals surface area contributed by atoms with Gasteiger partial charge in [-0.05, 0) is 19.1 Å². The molecule has 0 saturated heterocycles. The summed E-state index contributed by atoms with van der Waals surface area (Å²) in [7, 11) is 1.48. The molecular weight excluding hydrogens is 248 g/mol. The van der Waals surface area contributed by atoms with Crippen LogP contribution in [0.15, 0.2) is 24.3 Å². The molecule has 0 aliphatic heterocycles. The third-order valence-corrected chi connectivity index (χ3v) is 2.34. The number of hydrazine groups is 1. The molecule has 0 radical (unpaired) electrons. The molecular formula is C13H18N2O4. The van der Waals surface area contributed by atoms with Gasteiger partial charge < -0.3 is 9.47 Å². The molecule has 0 fully saturated rings. The first kappa shape index (κ1) is 15.0. The SMILES string of the molecule is CCOCCC(=O)NNC(=O)c1ccccc1OC. The van der Waals surface area contributed by atoms with Crippen molar-refractivity contribution in [1.29, 1.82) is 0 Å². The van der Waals surface area contributed by atoms with Crippen molar-refractivity contribution in [2.45, 2.75) is 13.3 Å². The Balaban J connectivity index is 2.44. The fourth-order valence-electron chi connectivity index (χ4n) is 1.40. The number of hydrogen-bond acceptors (Lipinski definition) is 4. The summed E-state index contributed by atoms with van der Waals surface area (Å²) < 4.78 is 10.1. The van der Waals surface area contributed by atoms with Crippen LogP contribution in [-0.4, -0.2) is 32.1 Å². The van der Waals surface area contributed by atoms with Crippen LogP contribution >= 0.6 is 0 Å². The van der Waals surface area contributed by atoms with Crippen molar-refractivity contribution < 1.29 is 19.1 Å². The van der Waals surface area contributed by atoms with Crippen molar-refractivity contribution in [1.82, 2.24) is 10.9 Å². The van der Waals surface area contributed by atoms with E-state index in [0.717, 1.165) is 0 Å². The number of ether oxygens (including phenoxy) is 2. The number of rotatable bonds is 6. The summed E-state index contributed by atoms with van der Waals surface area (Å²) in [6, 6.07) is 6.76. The second-order valence-electron chi connectivity index (χ2n) is 3.65. The van der Waals surface area contributed by atoms with Gasteiger partial charge in [-0.15, -0.1) is 0 Å². The fourth-order valence-corrected chi connectivity index (χ4v) is 1.40. The molecule has 2 N–H and O–H groups in total. The highest BCUT2D eigenvalue weighted by atomic mass is 16.5. The maximum Gasteiger partial charge on any atom is 0.273 e. The van der Waals surface area contributed by atoms with E-state index in [9.17, 15) is 9.59 Å². The van der Waals surface area contributed by atoms with E-state index in [4.69, 9.17) is 9.47 Å². The summed E-state index contributed by atoms with van der Waals surface area (Å²) in [6.45, 7) is 2.73. The summed E-state index contributed by atoms with van der Waals surface area (Å²) in [4.78, 5) is 23.2. The molecule has 0 atom stereocenters. The monoisotopic (exact) mass is 266 g/mol. The lowest BCUT2D eigenvalue weighted by molar-refractivity contribution is -0.122. The van der Waals surface area contributed by atoms with Crippen LogP contribution < -0.4 is 15.6 Å². The lowest BCUT2D eigenvalue weighted by Crippen LogP contribution is -2.42. The van der Waals surface area contributed by atoms with Gasteiger partial charge in [0.15, 0.2) is 0 Å². The van der Waals surface area contributed by atoms with E-state index in [-0.39, 0.29) is 12.3 Å². The molecule has 0 bridgehead atoms. The molecule has 1 rings (SSSR count). The summed E-state index contributed by atoms with van der Waals surface area (Å²) in [5.74, 6) is -0.289. The molecule has 0 aliphatic carbocycles. The number of nitrogens with one attached hydrogen (secondary N) is 2. The lowest BCUT2D eigenvalue weighted by atomic mass is 10.2. The lowest BCUT2D eigenvalue weighted by Gasteiger charge is -2.10. The van der Waals surface area contributed by atoms with E-state index in [2.05, 4.69) is 10.9 Å². The molecule has 0 heterocycles. The molecule has 19 heavy (non-hydrogen) atoms. The van der Waals surface area contributed by atoms with Gasteiger partial charge >= 0.3 is 0 Å². The number of methoxy groups -OCH3 is 1. The molecule has 1 aromatic carbocycles. The van der Waals surface area contributed by atoms with Gasteiger partial charge in [-0.1, -0.05) is 12.1 Å². The number of amides is 2. The van der Waals surface area contributed by atoms with E-state index < -0.39 is 5.91 Å². The zero-order chi connectivity index (χ0) is 14.1. The van der Waals surface area contributed by atoms with Crippen molar-refractivity contribution >= 4 is 11.8 Å². The Bertz CT molecular complexity index is 434. The maximum absolute atomic E-state index is 11.8. The number of para-hydroxylation sites is 1. The van der Waals surface area contributed by atoms with Gasteiger partial charge in [-0.2, -0.15) is 0 Å². The highest BCUT2D eigenvalue weighted by molar-refractivity contribution is 5.97. The second-order valence-corrected chi connectivity index (χ2v) is 3.65. The Kier molecular flexibility index (Phi) is 6.38. The Morgan fingerprint density at radius 1 is 1.21 bits per heavy atom. The predicted octanol–water partition coefficient (Wildman–Crippen LogP) is 0.883. The summed E-state index contributed by atoms with van der Waals surface area (Å²) in [5, 5.41) is 0. The molecule has 6 nitrogen and oxygen atoms in total. The standard InChI is InChI=1S/C13H18N2O4/c1-3-19-9-8-12(16)14-15-13(17)10-6-4-5-7-11(10)18-2/h4-7H,3,8-9H2,1-2H3,(H,14,16)(H,15,17). The predicted molar refractivity (Wildman–Crippen MR) is 69.7 cm³/mol. The normalized spacial score (nSPS) is 9.79. The van der Waals surface area contributed by atoms with Gasteiger partial charge in [-0.3, -0.25) is 20.4 Å². The molecule has 0 spiro atoms. The van der Waals surface area contributed by atoms with Crippen LogP contribution in [0.25, 0.3) is 0 Å². The average Bonchev–Trinajstić information content (AvgIpc) is 2.45. The molecule has 1 aromatic rings. The van der Waals surface area contributed by atoms with Crippen molar-refractivity contribution in [3.8, 4) is 5.75 Å². The average molecular weight is 266 g/mol. The van der Waals surface area contributed by atoms with Crippen LogP contribution in [0.2, 0.25) is 0 Å². The first-order valence-electron chi connectivity index (χ1n) is 5.99. The van der Waals surface area contributed by atoms with E-state index in [1.54, 1.807) is 24.3 Å². The minimum absolute atomic E-state index is 0.194. The van der Waals surface area contributed by atoms with Crippen molar-refractivity contribution in [3.63, 3.8) is 0 Å². The van der Waals surface area contributed by atoms with Crippen LogP contribution in [0, 0.1) is 0 Å². The minimum Gasteiger partial charge on any atom is -0.496 e. The van der Waals surface area contributed by atoms with Gasteiger partial charge in [0.05, 0.1) is 25.7 Å². The molecule has 6 heteroatoms. The highest BCUT2D eigenvalue weighted by Crippen LogP contribution is 2.16. The third kappa shape index (κ3) is 4.97. The van der Waals surface area contributed by atoms with Crippen LogP contribution in [-0.2, 0) is 9.53 Å². The second kappa shape index (κ2) is 8.10. The fraction of sp³-hybridized carbons (Fsp3) is 0.385. The van der Waals surface area contributed by atoms with Crippen molar-refractivity contribution in [2.24, 2.45) is 0 Å². The largest absolute Gasteiger partial charge is 0.496 e. The van der Waals surface area contributed by atoms with E-state index in [1.807, 2.05) is 6.92 Å². The number of carbonyl (C=O) groups excluding carboxylic acids is 2. The quantitative estimate of drug-likeness (QED) is 0.592. The third-order valence-electron chi connectivity index (χ3n) is 2.34. The molecule has 0 aromatic heterocycles. The Morgan fingerprint density at radius 2 is 1.95 bits per heavy atom. The number of hydrogen-bond donors (Lipinski definition) is 2.